The van der Waals surface area contributed by atoms with Gasteiger partial charge in [-0.25, -0.2) is 0 Å². The van der Waals surface area contributed by atoms with E-state index in [2.05, 4.69) is 13.5 Å². The summed E-state index contributed by atoms with van der Waals surface area (Å²) in [7, 11) is 0. The lowest BCUT2D eigenvalue weighted by molar-refractivity contribution is 0.202. The molecular weight excluding hydrogens is 148 g/mol. The fourth-order valence-electron chi connectivity index (χ4n) is 1.79. The van der Waals surface area contributed by atoms with Crippen LogP contribution in [-0.2, 0) is 0 Å². The second-order valence-electron chi connectivity index (χ2n) is 4.18. The Balaban J connectivity index is 2.26. The molecule has 0 bridgehead atoms. The third-order valence-electron chi connectivity index (χ3n) is 3.08. The van der Waals surface area contributed by atoms with Gasteiger partial charge in [-0.2, -0.15) is 0 Å². The maximum absolute atomic E-state index is 9.30. The Bertz CT molecular complexity index is 156. The van der Waals surface area contributed by atoms with E-state index in [0.29, 0.717) is 5.92 Å². The Morgan fingerprint density at radius 2 is 2.08 bits per heavy atom. The van der Waals surface area contributed by atoms with Crippen molar-refractivity contribution in [3.63, 3.8) is 0 Å². The van der Waals surface area contributed by atoms with Gasteiger partial charge in [0, 0.05) is 0 Å². The van der Waals surface area contributed by atoms with E-state index in [1.807, 2.05) is 0 Å². The summed E-state index contributed by atoms with van der Waals surface area (Å²) in [5, 5.41) is 9.30. The zero-order chi connectivity index (χ0) is 9.14. The predicted molar refractivity (Wildman–Crippen MR) is 51.9 cm³/mol. The quantitative estimate of drug-likeness (QED) is 0.640. The van der Waals surface area contributed by atoms with Crippen LogP contribution in [0.5, 0.6) is 0 Å². The van der Waals surface area contributed by atoms with Crippen LogP contribution >= 0.6 is 0 Å². The molecule has 1 nitrogen and oxygen atoms in total. The van der Waals surface area contributed by atoms with E-state index in [9.17, 15) is 5.11 Å². The molecule has 0 amide bonds. The molecule has 1 aliphatic rings. The third kappa shape index (κ3) is 2.34. The Kier molecular flexibility index (Phi) is 3.33. The molecule has 0 radical (unpaired) electrons. The van der Waals surface area contributed by atoms with Gasteiger partial charge in [0.2, 0.25) is 0 Å². The van der Waals surface area contributed by atoms with Gasteiger partial charge in [0.05, 0.1) is 6.10 Å². The van der Waals surface area contributed by atoms with Crippen LogP contribution in [-0.4, -0.2) is 11.2 Å². The minimum Gasteiger partial charge on any atom is -0.389 e. The van der Waals surface area contributed by atoms with Crippen LogP contribution < -0.4 is 0 Å². The molecule has 0 aromatic carbocycles. The highest BCUT2D eigenvalue weighted by Gasteiger charge is 2.22. The van der Waals surface area contributed by atoms with Gasteiger partial charge in [-0.1, -0.05) is 32.8 Å². The predicted octanol–water partition coefficient (Wildman–Crippen LogP) is 2.75. The zero-order valence-corrected chi connectivity index (χ0v) is 8.21. The second kappa shape index (κ2) is 4.08. The largest absolute Gasteiger partial charge is 0.389 e. The molecule has 1 unspecified atom stereocenters. The van der Waals surface area contributed by atoms with Gasteiger partial charge in [0.25, 0.3) is 0 Å². The summed E-state index contributed by atoms with van der Waals surface area (Å²) >= 11 is 0. The molecule has 0 heterocycles. The Morgan fingerprint density at radius 1 is 1.50 bits per heavy atom. The average molecular weight is 168 g/mol. The van der Waals surface area contributed by atoms with Crippen LogP contribution in [0, 0.1) is 11.8 Å². The molecule has 1 aliphatic carbocycles. The van der Waals surface area contributed by atoms with E-state index < -0.39 is 0 Å². The summed E-state index contributed by atoms with van der Waals surface area (Å²) in [6, 6.07) is 0. The van der Waals surface area contributed by atoms with Crippen molar-refractivity contribution in [3.05, 3.63) is 12.2 Å². The first kappa shape index (κ1) is 9.79. The minimum atomic E-state index is -0.333. The molecule has 0 saturated heterocycles. The average Bonchev–Trinajstić information content (AvgIpc) is 1.94. The monoisotopic (exact) mass is 168 g/mol. The maximum Gasteiger partial charge on any atom is 0.0721 e. The standard InChI is InChI=1S/C11H20O/c1-8(9(2)10(3)12)7-11-5-4-6-11/h8,10-12H,2,4-7H2,1,3H3/t8-,10?/m1/s1. The van der Waals surface area contributed by atoms with Crippen LogP contribution in [0.1, 0.15) is 39.5 Å². The van der Waals surface area contributed by atoms with Gasteiger partial charge in [0.1, 0.15) is 0 Å². The molecule has 12 heavy (non-hydrogen) atoms. The molecule has 0 aromatic rings. The lowest BCUT2D eigenvalue weighted by Gasteiger charge is -2.29. The van der Waals surface area contributed by atoms with Crippen molar-refractivity contribution in [1.82, 2.24) is 0 Å². The maximum atomic E-state index is 9.30. The van der Waals surface area contributed by atoms with Gasteiger partial charge in [-0.15, -0.1) is 0 Å². The number of aliphatic hydroxyl groups is 1. The summed E-state index contributed by atoms with van der Waals surface area (Å²) in [5.41, 5.74) is 1.00. The first-order valence-electron chi connectivity index (χ1n) is 4.98. The van der Waals surface area contributed by atoms with Crippen molar-refractivity contribution < 1.29 is 5.11 Å². The third-order valence-corrected chi connectivity index (χ3v) is 3.08. The van der Waals surface area contributed by atoms with E-state index in [4.69, 9.17) is 0 Å². The van der Waals surface area contributed by atoms with Crippen molar-refractivity contribution in [2.45, 2.75) is 45.6 Å². The molecule has 1 heteroatoms. The van der Waals surface area contributed by atoms with Gasteiger partial charge < -0.3 is 5.11 Å². The highest BCUT2D eigenvalue weighted by Crippen LogP contribution is 2.34. The molecule has 1 rings (SSSR count). The Hall–Kier alpha value is -0.300. The molecule has 0 aliphatic heterocycles. The van der Waals surface area contributed by atoms with Crippen LogP contribution in [0.4, 0.5) is 0 Å². The van der Waals surface area contributed by atoms with Gasteiger partial charge in [-0.05, 0) is 30.8 Å². The lowest BCUT2D eigenvalue weighted by atomic mass is 9.77. The molecule has 0 spiro atoms. The van der Waals surface area contributed by atoms with Crippen molar-refractivity contribution >= 4 is 0 Å². The van der Waals surface area contributed by atoms with Crippen LogP contribution in [0.3, 0.4) is 0 Å². The SMILES string of the molecule is C=C(C(C)O)[C@H](C)CC1CCC1. The van der Waals surface area contributed by atoms with E-state index in [-0.39, 0.29) is 6.10 Å². The van der Waals surface area contributed by atoms with Crippen molar-refractivity contribution in [2.75, 3.05) is 0 Å². The molecule has 2 atom stereocenters. The molecule has 70 valence electrons. The van der Waals surface area contributed by atoms with E-state index >= 15 is 0 Å². The summed E-state index contributed by atoms with van der Waals surface area (Å²) < 4.78 is 0. The number of hydrogen-bond donors (Lipinski definition) is 1. The van der Waals surface area contributed by atoms with Gasteiger partial charge in [0.15, 0.2) is 0 Å². The minimum absolute atomic E-state index is 0.333. The molecule has 1 fully saturated rings. The van der Waals surface area contributed by atoms with Gasteiger partial charge >= 0.3 is 0 Å². The van der Waals surface area contributed by atoms with Crippen LogP contribution in [0.15, 0.2) is 12.2 Å². The summed E-state index contributed by atoms with van der Waals surface area (Å²) in [6.45, 7) is 7.89. The molecule has 1 N–H and O–H groups in total. The molecule has 0 aromatic heterocycles. The van der Waals surface area contributed by atoms with Crippen LogP contribution in [0.25, 0.3) is 0 Å². The highest BCUT2D eigenvalue weighted by molar-refractivity contribution is 5.04. The van der Waals surface area contributed by atoms with Crippen LogP contribution in [0.2, 0.25) is 0 Å². The fraction of sp³-hybridized carbons (Fsp3) is 0.818. The van der Waals surface area contributed by atoms with E-state index in [1.165, 1.54) is 25.7 Å². The smallest absolute Gasteiger partial charge is 0.0721 e. The van der Waals surface area contributed by atoms with Crippen molar-refractivity contribution in [2.24, 2.45) is 11.8 Å². The molecule has 1 saturated carbocycles. The topological polar surface area (TPSA) is 20.2 Å². The first-order chi connectivity index (χ1) is 5.61. The highest BCUT2D eigenvalue weighted by atomic mass is 16.3. The summed E-state index contributed by atoms with van der Waals surface area (Å²) in [5.74, 6) is 1.41. The fourth-order valence-corrected chi connectivity index (χ4v) is 1.79. The number of aliphatic hydroxyl groups excluding tert-OH is 1. The zero-order valence-electron chi connectivity index (χ0n) is 8.21. The lowest BCUT2D eigenvalue weighted by Crippen LogP contribution is -2.19. The van der Waals surface area contributed by atoms with Crippen molar-refractivity contribution in [3.8, 4) is 0 Å². The normalized spacial score (nSPS) is 22.9. The number of hydrogen-bond acceptors (Lipinski definition) is 1. The summed E-state index contributed by atoms with van der Waals surface area (Å²) in [6.07, 6.45) is 5.07. The number of rotatable bonds is 4. The Morgan fingerprint density at radius 3 is 2.42 bits per heavy atom. The second-order valence-corrected chi connectivity index (χ2v) is 4.18. The van der Waals surface area contributed by atoms with Crippen molar-refractivity contribution in [1.29, 1.82) is 0 Å². The Labute approximate surface area is 75.5 Å². The van der Waals surface area contributed by atoms with E-state index in [1.54, 1.807) is 6.92 Å². The molecular formula is C11H20O. The first-order valence-corrected chi connectivity index (χ1v) is 4.98. The van der Waals surface area contributed by atoms with Gasteiger partial charge in [-0.3, -0.25) is 0 Å². The van der Waals surface area contributed by atoms with E-state index in [0.717, 1.165) is 11.5 Å². The summed E-state index contributed by atoms with van der Waals surface area (Å²) in [4.78, 5) is 0.